The van der Waals surface area contributed by atoms with Gasteiger partial charge in [0.2, 0.25) is 5.95 Å². The van der Waals surface area contributed by atoms with Crippen LogP contribution in [0.25, 0.3) is 0 Å². The summed E-state index contributed by atoms with van der Waals surface area (Å²) in [5.74, 6) is -0.494. The molecule has 0 saturated carbocycles. The van der Waals surface area contributed by atoms with Crippen LogP contribution in [-0.4, -0.2) is 34.1 Å². The first-order chi connectivity index (χ1) is 11.1. The number of anilines is 1. The Bertz CT molecular complexity index is 700. The molecule has 1 N–H and O–H groups in total. The smallest absolute Gasteiger partial charge is 0.339 e. The maximum absolute atomic E-state index is 12.9. The van der Waals surface area contributed by atoms with Crippen LogP contribution in [-0.2, 0) is 6.61 Å². The van der Waals surface area contributed by atoms with E-state index >= 15 is 0 Å². The molecule has 1 aromatic carbocycles. The van der Waals surface area contributed by atoms with Crippen LogP contribution in [0.4, 0.5) is 10.3 Å². The van der Waals surface area contributed by atoms with Crippen molar-refractivity contribution in [3.63, 3.8) is 0 Å². The summed E-state index contributed by atoms with van der Waals surface area (Å²) in [4.78, 5) is 21.8. The molecule has 2 heterocycles. The molecule has 0 radical (unpaired) electrons. The van der Waals surface area contributed by atoms with Crippen molar-refractivity contribution in [2.24, 2.45) is 0 Å². The second-order valence-electron chi connectivity index (χ2n) is 5.27. The van der Waals surface area contributed by atoms with E-state index in [1.54, 1.807) is 0 Å². The quantitative estimate of drug-likeness (QED) is 0.913. The van der Waals surface area contributed by atoms with E-state index in [9.17, 15) is 14.3 Å². The van der Waals surface area contributed by atoms with Gasteiger partial charge in [-0.05, 0) is 37.1 Å². The first-order valence-corrected chi connectivity index (χ1v) is 7.36. The Morgan fingerprint density at radius 1 is 1.26 bits per heavy atom. The lowest BCUT2D eigenvalue weighted by Gasteiger charge is -2.16. The van der Waals surface area contributed by atoms with Crippen molar-refractivity contribution in [3.8, 4) is 5.75 Å². The average molecular weight is 317 g/mol. The van der Waals surface area contributed by atoms with Crippen molar-refractivity contribution in [1.82, 2.24) is 9.97 Å². The molecule has 0 spiro atoms. The number of carboxylic acids is 1. The van der Waals surface area contributed by atoms with E-state index in [0.29, 0.717) is 17.4 Å². The molecule has 1 aromatic heterocycles. The van der Waals surface area contributed by atoms with Crippen molar-refractivity contribution >= 4 is 11.9 Å². The first kappa shape index (κ1) is 15.2. The van der Waals surface area contributed by atoms with Gasteiger partial charge in [0.25, 0.3) is 0 Å². The zero-order valence-electron chi connectivity index (χ0n) is 12.4. The molecule has 1 aliphatic rings. The third-order valence-corrected chi connectivity index (χ3v) is 3.66. The summed E-state index contributed by atoms with van der Waals surface area (Å²) < 4.78 is 18.4. The average Bonchev–Trinajstić information content (AvgIpc) is 3.08. The summed E-state index contributed by atoms with van der Waals surface area (Å²) in [5.41, 5.74) is 0.314. The van der Waals surface area contributed by atoms with Crippen molar-refractivity contribution in [3.05, 3.63) is 47.5 Å². The topological polar surface area (TPSA) is 75.5 Å². The summed E-state index contributed by atoms with van der Waals surface area (Å²) in [7, 11) is 0. The Hall–Kier alpha value is -2.70. The Morgan fingerprint density at radius 2 is 1.96 bits per heavy atom. The summed E-state index contributed by atoms with van der Waals surface area (Å²) in [5, 5.41) is 9.26. The fourth-order valence-corrected chi connectivity index (χ4v) is 2.45. The Balaban J connectivity index is 1.81. The van der Waals surface area contributed by atoms with Gasteiger partial charge in [-0.2, -0.15) is 0 Å². The number of aromatic carboxylic acids is 1. The van der Waals surface area contributed by atoms with Gasteiger partial charge < -0.3 is 14.7 Å². The molecule has 6 nitrogen and oxygen atoms in total. The van der Waals surface area contributed by atoms with Crippen LogP contribution in [0.2, 0.25) is 0 Å². The maximum atomic E-state index is 12.9. The summed E-state index contributed by atoms with van der Waals surface area (Å²) in [6, 6.07) is 5.53. The molecule has 0 bridgehead atoms. The largest absolute Gasteiger partial charge is 0.487 e. The van der Waals surface area contributed by atoms with Crippen LogP contribution in [0, 0.1) is 5.82 Å². The Kier molecular flexibility index (Phi) is 4.36. The van der Waals surface area contributed by atoms with Gasteiger partial charge in [0, 0.05) is 19.3 Å². The van der Waals surface area contributed by atoms with Gasteiger partial charge in [0.15, 0.2) is 0 Å². The SMILES string of the molecule is O=C(O)c1cnc(N2CCCC2)nc1COc1ccc(F)cc1. The molecule has 1 fully saturated rings. The number of halogens is 1. The minimum absolute atomic E-state index is 0.00931. The molecular formula is C16H16FN3O3. The Labute approximate surface area is 132 Å². The van der Waals surface area contributed by atoms with Gasteiger partial charge in [-0.15, -0.1) is 0 Å². The minimum atomic E-state index is -1.10. The van der Waals surface area contributed by atoms with E-state index in [1.165, 1.54) is 30.5 Å². The molecule has 0 unspecified atom stereocenters. The highest BCUT2D eigenvalue weighted by atomic mass is 19.1. The van der Waals surface area contributed by atoms with Gasteiger partial charge in [-0.3, -0.25) is 0 Å². The van der Waals surface area contributed by atoms with Crippen LogP contribution in [0.3, 0.4) is 0 Å². The Morgan fingerprint density at radius 3 is 2.61 bits per heavy atom. The van der Waals surface area contributed by atoms with Crippen molar-refractivity contribution in [1.29, 1.82) is 0 Å². The molecule has 23 heavy (non-hydrogen) atoms. The molecule has 2 aromatic rings. The molecule has 120 valence electrons. The van der Waals surface area contributed by atoms with Crippen molar-refractivity contribution < 1.29 is 19.0 Å². The van der Waals surface area contributed by atoms with E-state index < -0.39 is 5.97 Å². The highest BCUT2D eigenvalue weighted by Crippen LogP contribution is 2.19. The van der Waals surface area contributed by atoms with E-state index in [-0.39, 0.29) is 18.0 Å². The van der Waals surface area contributed by atoms with Gasteiger partial charge in [0.05, 0.1) is 5.69 Å². The highest BCUT2D eigenvalue weighted by molar-refractivity contribution is 5.88. The molecule has 1 aliphatic heterocycles. The predicted molar refractivity (Wildman–Crippen MR) is 81.2 cm³/mol. The summed E-state index contributed by atoms with van der Waals surface area (Å²) in [6.07, 6.45) is 3.46. The van der Waals surface area contributed by atoms with Crippen LogP contribution < -0.4 is 9.64 Å². The van der Waals surface area contributed by atoms with Crippen molar-refractivity contribution in [2.45, 2.75) is 19.4 Å². The van der Waals surface area contributed by atoms with E-state index in [0.717, 1.165) is 25.9 Å². The number of hydrogen-bond acceptors (Lipinski definition) is 5. The third-order valence-electron chi connectivity index (χ3n) is 3.66. The molecule has 0 atom stereocenters. The van der Waals surface area contributed by atoms with Crippen LogP contribution in [0.1, 0.15) is 28.9 Å². The lowest BCUT2D eigenvalue weighted by molar-refractivity contribution is 0.0692. The summed E-state index contributed by atoms with van der Waals surface area (Å²) in [6.45, 7) is 1.71. The molecule has 0 aliphatic carbocycles. The zero-order chi connectivity index (χ0) is 16.2. The van der Waals surface area contributed by atoms with E-state index in [4.69, 9.17) is 4.74 Å². The number of rotatable bonds is 5. The molecule has 1 saturated heterocycles. The first-order valence-electron chi connectivity index (χ1n) is 7.36. The zero-order valence-corrected chi connectivity index (χ0v) is 12.4. The van der Waals surface area contributed by atoms with E-state index in [2.05, 4.69) is 9.97 Å². The number of ether oxygens (including phenoxy) is 1. The van der Waals surface area contributed by atoms with Crippen molar-refractivity contribution in [2.75, 3.05) is 18.0 Å². The number of hydrogen-bond donors (Lipinski definition) is 1. The monoisotopic (exact) mass is 317 g/mol. The number of carbonyl (C=O) groups is 1. The fourth-order valence-electron chi connectivity index (χ4n) is 2.45. The van der Waals surface area contributed by atoms with Crippen LogP contribution in [0.5, 0.6) is 5.75 Å². The third kappa shape index (κ3) is 3.56. The standard InChI is InChI=1S/C16H16FN3O3/c17-11-3-5-12(6-4-11)23-10-14-13(15(21)22)9-18-16(19-14)20-7-1-2-8-20/h3-6,9H,1-2,7-8,10H2,(H,21,22). The molecule has 7 heteroatoms. The van der Waals surface area contributed by atoms with Gasteiger partial charge in [-0.25, -0.2) is 19.2 Å². The number of benzene rings is 1. The lowest BCUT2D eigenvalue weighted by Crippen LogP contribution is -2.22. The predicted octanol–water partition coefficient (Wildman–Crippen LogP) is 2.49. The van der Waals surface area contributed by atoms with Crippen LogP contribution >= 0.6 is 0 Å². The minimum Gasteiger partial charge on any atom is -0.487 e. The number of nitrogens with zero attached hydrogens (tertiary/aromatic N) is 3. The van der Waals surface area contributed by atoms with Gasteiger partial charge >= 0.3 is 5.97 Å². The fraction of sp³-hybridized carbons (Fsp3) is 0.312. The maximum Gasteiger partial charge on any atom is 0.339 e. The molecule has 0 amide bonds. The lowest BCUT2D eigenvalue weighted by atomic mass is 10.2. The second kappa shape index (κ2) is 6.60. The van der Waals surface area contributed by atoms with Crippen LogP contribution in [0.15, 0.2) is 30.5 Å². The number of carboxylic acid groups (broad SMARTS) is 1. The highest BCUT2D eigenvalue weighted by Gasteiger charge is 2.19. The summed E-state index contributed by atoms with van der Waals surface area (Å²) >= 11 is 0. The van der Waals surface area contributed by atoms with E-state index in [1.807, 2.05) is 4.90 Å². The normalized spacial score (nSPS) is 14.0. The molecular weight excluding hydrogens is 301 g/mol. The number of aromatic nitrogens is 2. The molecule has 3 rings (SSSR count). The van der Waals surface area contributed by atoms with Gasteiger partial charge in [0.1, 0.15) is 23.7 Å². The van der Waals surface area contributed by atoms with Gasteiger partial charge in [-0.1, -0.05) is 0 Å². The second-order valence-corrected chi connectivity index (χ2v) is 5.27.